The lowest BCUT2D eigenvalue weighted by atomic mass is 9.77. The van der Waals surface area contributed by atoms with Crippen LogP contribution in [0.4, 0.5) is 0 Å². The van der Waals surface area contributed by atoms with Crippen LogP contribution in [0.1, 0.15) is 73.3 Å². The Labute approximate surface area is 160 Å². The van der Waals surface area contributed by atoms with Gasteiger partial charge in [0.25, 0.3) is 0 Å². The van der Waals surface area contributed by atoms with Crippen LogP contribution in [0.3, 0.4) is 0 Å². The number of rotatable bonds is 8. The van der Waals surface area contributed by atoms with Crippen LogP contribution in [0.5, 0.6) is 0 Å². The second-order valence-electron chi connectivity index (χ2n) is 7.92. The van der Waals surface area contributed by atoms with E-state index in [9.17, 15) is 9.90 Å². The minimum absolute atomic E-state index is 0.0224. The molecule has 2 aromatic rings. The van der Waals surface area contributed by atoms with Crippen molar-refractivity contribution in [3.05, 3.63) is 59.7 Å². The molecule has 142 valence electrons. The molecule has 0 saturated heterocycles. The molecular formula is C22H27N3O2. The van der Waals surface area contributed by atoms with Gasteiger partial charge in [0, 0.05) is 42.3 Å². The molecule has 5 nitrogen and oxygen atoms in total. The normalized spacial score (nSPS) is 19.1. The maximum atomic E-state index is 12.9. The highest BCUT2D eigenvalue weighted by Crippen LogP contribution is 2.40. The topological polar surface area (TPSA) is 75.1 Å². The Hall–Kier alpha value is -2.27. The molecule has 2 aromatic heterocycles. The van der Waals surface area contributed by atoms with Crippen LogP contribution in [0, 0.1) is 5.92 Å². The maximum absolute atomic E-state index is 12.9. The van der Waals surface area contributed by atoms with Crippen molar-refractivity contribution in [1.82, 2.24) is 15.3 Å². The minimum Gasteiger partial charge on any atom is -0.387 e. The van der Waals surface area contributed by atoms with Crippen LogP contribution in [0.15, 0.2) is 42.9 Å². The number of carbonyl (C=O) groups is 1. The third-order valence-corrected chi connectivity index (χ3v) is 5.86. The summed E-state index contributed by atoms with van der Waals surface area (Å²) in [7, 11) is 0. The van der Waals surface area contributed by atoms with Crippen molar-refractivity contribution in [3.63, 3.8) is 0 Å². The number of hydrogen-bond acceptors (Lipinski definition) is 4. The second kappa shape index (κ2) is 8.17. The molecule has 2 saturated carbocycles. The number of aliphatic hydroxyl groups excluding tert-OH is 1. The molecule has 0 bridgehead atoms. The molecule has 0 radical (unpaired) electrons. The Morgan fingerprint density at radius 3 is 2.59 bits per heavy atom. The van der Waals surface area contributed by atoms with Crippen molar-refractivity contribution in [2.24, 2.45) is 5.92 Å². The number of nitrogens with one attached hydrogen (secondary N) is 1. The van der Waals surface area contributed by atoms with Crippen LogP contribution in [-0.4, -0.2) is 27.5 Å². The summed E-state index contributed by atoms with van der Waals surface area (Å²) in [5.74, 6) is 1.02. The molecular weight excluding hydrogens is 338 g/mol. The average Bonchev–Trinajstić information content (AvgIpc) is 3.51. The molecule has 0 aliphatic heterocycles. The van der Waals surface area contributed by atoms with Gasteiger partial charge >= 0.3 is 0 Å². The van der Waals surface area contributed by atoms with Crippen molar-refractivity contribution in [1.29, 1.82) is 0 Å². The number of carbonyl (C=O) groups excluding carboxylic acids is 1. The highest BCUT2D eigenvalue weighted by Gasteiger charge is 2.29. The molecule has 5 heteroatoms. The summed E-state index contributed by atoms with van der Waals surface area (Å²) in [4.78, 5) is 21.5. The molecule has 4 rings (SSSR count). The van der Waals surface area contributed by atoms with Gasteiger partial charge in [0.05, 0.1) is 12.0 Å². The Morgan fingerprint density at radius 2 is 2.00 bits per heavy atom. The van der Waals surface area contributed by atoms with Crippen molar-refractivity contribution in [2.45, 2.75) is 56.5 Å². The molecule has 0 aromatic carbocycles. The molecule has 0 spiro atoms. The zero-order valence-corrected chi connectivity index (χ0v) is 15.6. The zero-order chi connectivity index (χ0) is 18.6. The van der Waals surface area contributed by atoms with Gasteiger partial charge in [-0.1, -0.05) is 31.4 Å². The van der Waals surface area contributed by atoms with Gasteiger partial charge in [0.1, 0.15) is 0 Å². The molecule has 1 amide bonds. The largest absolute Gasteiger partial charge is 0.387 e. The first-order chi connectivity index (χ1) is 13.2. The first kappa shape index (κ1) is 18.1. The first-order valence-electron chi connectivity index (χ1n) is 10.0. The van der Waals surface area contributed by atoms with Gasteiger partial charge in [-0.3, -0.25) is 14.8 Å². The molecule has 1 unspecified atom stereocenters. The lowest BCUT2D eigenvalue weighted by Gasteiger charge is -2.29. The number of pyridine rings is 2. The van der Waals surface area contributed by atoms with E-state index in [1.54, 1.807) is 18.5 Å². The Bertz CT molecular complexity index is 755. The fraction of sp³-hybridized carbons (Fsp3) is 0.500. The van der Waals surface area contributed by atoms with Crippen molar-refractivity contribution >= 4 is 5.91 Å². The summed E-state index contributed by atoms with van der Waals surface area (Å²) >= 11 is 0. The highest BCUT2D eigenvalue weighted by molar-refractivity contribution is 5.83. The fourth-order valence-electron chi connectivity index (χ4n) is 3.71. The van der Waals surface area contributed by atoms with Gasteiger partial charge in [0.2, 0.25) is 5.91 Å². The Balaban J connectivity index is 1.41. The predicted octanol–water partition coefficient (Wildman–Crippen LogP) is 3.48. The number of hydrogen-bond donors (Lipinski definition) is 2. The van der Waals surface area contributed by atoms with Crippen molar-refractivity contribution < 1.29 is 9.90 Å². The monoisotopic (exact) mass is 365 g/mol. The molecule has 2 atom stereocenters. The maximum Gasteiger partial charge on any atom is 0.227 e. The molecule has 2 aliphatic carbocycles. The summed E-state index contributed by atoms with van der Waals surface area (Å²) in [6.07, 6.45) is 11.4. The lowest BCUT2D eigenvalue weighted by molar-refractivity contribution is -0.123. The predicted molar refractivity (Wildman–Crippen MR) is 103 cm³/mol. The van der Waals surface area contributed by atoms with Gasteiger partial charge in [-0.05, 0) is 42.9 Å². The highest BCUT2D eigenvalue weighted by atomic mass is 16.3. The van der Waals surface area contributed by atoms with Gasteiger partial charge in [0.15, 0.2) is 0 Å². The van der Waals surface area contributed by atoms with E-state index in [4.69, 9.17) is 0 Å². The quantitative estimate of drug-likeness (QED) is 0.751. The van der Waals surface area contributed by atoms with E-state index in [0.29, 0.717) is 17.4 Å². The molecule has 2 N–H and O–H groups in total. The summed E-state index contributed by atoms with van der Waals surface area (Å²) in [5, 5.41) is 13.2. The van der Waals surface area contributed by atoms with E-state index in [1.165, 1.54) is 32.1 Å². The van der Waals surface area contributed by atoms with E-state index in [2.05, 4.69) is 27.4 Å². The number of nitrogens with zero attached hydrogens (tertiary/aromatic N) is 2. The Morgan fingerprint density at radius 1 is 1.15 bits per heavy atom. The summed E-state index contributed by atoms with van der Waals surface area (Å²) < 4.78 is 0. The van der Waals surface area contributed by atoms with Gasteiger partial charge in [-0.2, -0.15) is 0 Å². The zero-order valence-electron chi connectivity index (χ0n) is 15.6. The third-order valence-electron chi connectivity index (χ3n) is 5.86. The fourth-order valence-corrected chi connectivity index (χ4v) is 3.71. The van der Waals surface area contributed by atoms with Gasteiger partial charge in [-0.25, -0.2) is 0 Å². The number of aromatic nitrogens is 2. The van der Waals surface area contributed by atoms with Crippen LogP contribution in [0.2, 0.25) is 0 Å². The van der Waals surface area contributed by atoms with E-state index in [1.807, 2.05) is 12.3 Å². The molecule has 27 heavy (non-hydrogen) atoms. The van der Waals surface area contributed by atoms with Crippen molar-refractivity contribution in [2.75, 3.05) is 6.54 Å². The van der Waals surface area contributed by atoms with Crippen LogP contribution in [0.25, 0.3) is 0 Å². The minimum atomic E-state index is -0.748. The van der Waals surface area contributed by atoms with Crippen LogP contribution >= 0.6 is 0 Å². The first-order valence-corrected chi connectivity index (χ1v) is 10.0. The van der Waals surface area contributed by atoms with Crippen molar-refractivity contribution in [3.8, 4) is 0 Å². The number of aliphatic hydroxyl groups is 1. The smallest absolute Gasteiger partial charge is 0.227 e. The second-order valence-corrected chi connectivity index (χ2v) is 7.92. The standard InChI is InChI=1S/C22H27N3O2/c26-21(18-5-2-10-23-12-18)14-25-22(27)19(11-15-3-1-4-15)17-8-9-20(24-13-17)16-6-7-16/h2,5,8-10,12-13,15-16,19,21,26H,1,3-4,6-7,11,14H2,(H,25,27)/t19?,21-/m1/s1. The third kappa shape index (κ3) is 4.53. The SMILES string of the molecule is O=C(NC[C@@H](O)c1cccnc1)C(CC1CCC1)c1ccc(C2CC2)nc1. The van der Waals surface area contributed by atoms with E-state index >= 15 is 0 Å². The average molecular weight is 365 g/mol. The van der Waals surface area contributed by atoms with Crippen LogP contribution < -0.4 is 5.32 Å². The van der Waals surface area contributed by atoms with E-state index < -0.39 is 6.10 Å². The van der Waals surface area contributed by atoms with Crippen LogP contribution in [-0.2, 0) is 4.79 Å². The lowest BCUT2D eigenvalue weighted by Crippen LogP contribution is -2.34. The summed E-state index contributed by atoms with van der Waals surface area (Å²) in [6, 6.07) is 7.75. The molecule has 2 heterocycles. The number of amides is 1. The summed E-state index contributed by atoms with van der Waals surface area (Å²) in [5.41, 5.74) is 2.84. The van der Waals surface area contributed by atoms with E-state index in [-0.39, 0.29) is 18.4 Å². The van der Waals surface area contributed by atoms with E-state index in [0.717, 1.165) is 17.7 Å². The summed E-state index contributed by atoms with van der Waals surface area (Å²) in [6.45, 7) is 0.194. The molecule has 2 fully saturated rings. The Kier molecular flexibility index (Phi) is 5.48. The van der Waals surface area contributed by atoms with Gasteiger partial charge in [-0.15, -0.1) is 0 Å². The van der Waals surface area contributed by atoms with Gasteiger partial charge < -0.3 is 10.4 Å². The molecule has 2 aliphatic rings.